The van der Waals surface area contributed by atoms with Crippen LogP contribution in [0.15, 0.2) is 18.2 Å². The van der Waals surface area contributed by atoms with Gasteiger partial charge < -0.3 is 20.9 Å². The maximum absolute atomic E-state index is 12.4. The van der Waals surface area contributed by atoms with Gasteiger partial charge in [-0.05, 0) is 38.8 Å². The number of aryl methyl sites for hydroxylation is 1. The highest BCUT2D eigenvalue weighted by Crippen LogP contribution is 2.33. The van der Waals surface area contributed by atoms with Gasteiger partial charge in [0, 0.05) is 5.92 Å². The highest BCUT2D eigenvalue weighted by atomic mass is 16.5. The molecule has 0 bridgehead atoms. The number of nitrogens with zero attached hydrogens (tertiary/aromatic N) is 1. The number of aromatic nitrogens is 1. The molecule has 3 rings (SSSR count). The number of carboxylic acid groups (broad SMARTS) is 1. The molecule has 1 amide bonds. The van der Waals surface area contributed by atoms with Crippen LogP contribution in [-0.4, -0.2) is 34.6 Å². The Morgan fingerprint density at radius 2 is 2.04 bits per heavy atom. The molecule has 7 heteroatoms. The lowest BCUT2D eigenvalue weighted by molar-refractivity contribution is -0.126. The van der Waals surface area contributed by atoms with E-state index in [-0.39, 0.29) is 35.7 Å². The van der Waals surface area contributed by atoms with E-state index in [2.05, 4.69) is 10.3 Å². The van der Waals surface area contributed by atoms with E-state index in [1.54, 1.807) is 25.1 Å². The van der Waals surface area contributed by atoms with Crippen LogP contribution in [0.3, 0.4) is 0 Å². The number of anilines is 1. The second-order valence-electron chi connectivity index (χ2n) is 7.50. The molecule has 1 aliphatic rings. The topological polar surface area (TPSA) is 115 Å². The molecule has 1 aliphatic carbocycles. The summed E-state index contributed by atoms with van der Waals surface area (Å²) in [5.74, 6) is -0.482. The number of amides is 1. The number of benzene rings is 1. The number of pyridine rings is 1. The highest BCUT2D eigenvalue weighted by Gasteiger charge is 2.23. The number of ether oxygens (including phenoxy) is 1. The van der Waals surface area contributed by atoms with E-state index >= 15 is 0 Å². The molecule has 150 valence electrons. The molecule has 1 heterocycles. The summed E-state index contributed by atoms with van der Waals surface area (Å²) in [7, 11) is 0. The van der Waals surface area contributed by atoms with Crippen molar-refractivity contribution in [2.24, 2.45) is 5.92 Å². The van der Waals surface area contributed by atoms with Crippen molar-refractivity contribution in [1.82, 2.24) is 10.3 Å². The summed E-state index contributed by atoms with van der Waals surface area (Å²) in [6, 6.07) is 5.11. The summed E-state index contributed by atoms with van der Waals surface area (Å²) in [4.78, 5) is 28.3. The second-order valence-corrected chi connectivity index (χ2v) is 7.50. The Kier molecular flexibility index (Phi) is 6.02. The van der Waals surface area contributed by atoms with Crippen molar-refractivity contribution in [2.75, 3.05) is 12.3 Å². The van der Waals surface area contributed by atoms with E-state index in [9.17, 15) is 14.7 Å². The highest BCUT2D eigenvalue weighted by molar-refractivity contribution is 6.06. The lowest BCUT2D eigenvalue weighted by Crippen LogP contribution is -2.40. The Hall–Kier alpha value is -2.83. The summed E-state index contributed by atoms with van der Waals surface area (Å²) in [5.41, 5.74) is 7.21. The van der Waals surface area contributed by atoms with Crippen LogP contribution in [0.5, 0.6) is 5.75 Å². The molecule has 2 aromatic rings. The van der Waals surface area contributed by atoms with Crippen LogP contribution in [0.4, 0.5) is 5.69 Å². The standard InChI is InChI=1S/C21H27N3O4/c1-12(23-20(25)14-7-4-3-5-8-14)11-28-16-10-6-9-15-18(16)19(22)17(21(26)27)13(2)24-15/h6,9-10,12,14H,3-5,7-8,11H2,1-2H3,(H2,22,24)(H,23,25)(H,26,27)/t12-/m0/s1. The first-order chi connectivity index (χ1) is 13.4. The molecule has 1 atom stereocenters. The number of rotatable bonds is 6. The summed E-state index contributed by atoms with van der Waals surface area (Å²) < 4.78 is 5.90. The van der Waals surface area contributed by atoms with E-state index in [0.717, 1.165) is 25.7 Å². The molecular formula is C21H27N3O4. The number of nitrogens with two attached hydrogens (primary N) is 1. The third-order valence-corrected chi connectivity index (χ3v) is 5.26. The van der Waals surface area contributed by atoms with E-state index in [1.165, 1.54) is 6.42 Å². The number of carbonyl (C=O) groups excluding carboxylic acids is 1. The maximum Gasteiger partial charge on any atom is 0.339 e. The van der Waals surface area contributed by atoms with Gasteiger partial charge >= 0.3 is 5.97 Å². The summed E-state index contributed by atoms with van der Waals surface area (Å²) >= 11 is 0. The largest absolute Gasteiger partial charge is 0.491 e. The van der Waals surface area contributed by atoms with Crippen LogP contribution in [0.1, 0.15) is 55.1 Å². The average molecular weight is 385 g/mol. The van der Waals surface area contributed by atoms with Crippen molar-refractivity contribution in [3.05, 3.63) is 29.5 Å². The van der Waals surface area contributed by atoms with Gasteiger partial charge in [-0.1, -0.05) is 25.3 Å². The Morgan fingerprint density at radius 1 is 1.32 bits per heavy atom. The summed E-state index contributed by atoms with van der Waals surface area (Å²) in [6.07, 6.45) is 5.31. The van der Waals surface area contributed by atoms with Gasteiger partial charge in [0.1, 0.15) is 17.9 Å². The van der Waals surface area contributed by atoms with Crippen LogP contribution >= 0.6 is 0 Å². The van der Waals surface area contributed by atoms with E-state index in [1.807, 2.05) is 6.92 Å². The van der Waals surface area contributed by atoms with Crippen molar-refractivity contribution < 1.29 is 19.4 Å². The number of aromatic carboxylic acids is 1. The minimum Gasteiger partial charge on any atom is -0.491 e. The van der Waals surface area contributed by atoms with Gasteiger partial charge in [0.05, 0.1) is 28.3 Å². The summed E-state index contributed by atoms with van der Waals surface area (Å²) in [6.45, 7) is 3.77. The monoisotopic (exact) mass is 385 g/mol. The van der Waals surface area contributed by atoms with Gasteiger partial charge in [-0.2, -0.15) is 0 Å². The molecule has 0 spiro atoms. The number of nitrogen functional groups attached to an aromatic ring is 1. The summed E-state index contributed by atoms with van der Waals surface area (Å²) in [5, 5.41) is 12.9. The zero-order valence-corrected chi connectivity index (χ0v) is 16.3. The quantitative estimate of drug-likeness (QED) is 0.703. The molecule has 1 aromatic carbocycles. The molecule has 7 nitrogen and oxygen atoms in total. The van der Waals surface area contributed by atoms with Crippen molar-refractivity contribution >= 4 is 28.5 Å². The molecule has 0 radical (unpaired) electrons. The van der Waals surface area contributed by atoms with Crippen molar-refractivity contribution in [1.29, 1.82) is 0 Å². The maximum atomic E-state index is 12.4. The Bertz CT molecular complexity index is 891. The Balaban J connectivity index is 1.74. The average Bonchev–Trinajstić information content (AvgIpc) is 2.66. The van der Waals surface area contributed by atoms with Crippen LogP contribution in [0, 0.1) is 12.8 Å². The number of fused-ring (bicyclic) bond motifs is 1. The van der Waals surface area contributed by atoms with E-state index in [4.69, 9.17) is 10.5 Å². The molecule has 1 fully saturated rings. The molecule has 28 heavy (non-hydrogen) atoms. The van der Waals surface area contributed by atoms with Crippen LogP contribution in [0.25, 0.3) is 10.9 Å². The predicted molar refractivity (Wildman–Crippen MR) is 108 cm³/mol. The zero-order valence-electron chi connectivity index (χ0n) is 16.3. The van der Waals surface area contributed by atoms with Gasteiger partial charge in [-0.3, -0.25) is 9.78 Å². The lowest BCUT2D eigenvalue weighted by atomic mass is 9.88. The Labute approximate surface area is 164 Å². The fourth-order valence-corrected chi connectivity index (χ4v) is 3.81. The number of hydrogen-bond acceptors (Lipinski definition) is 5. The SMILES string of the molecule is Cc1nc2cccc(OC[C@H](C)NC(=O)C3CCCCC3)c2c(N)c1C(=O)O. The Morgan fingerprint density at radius 3 is 2.71 bits per heavy atom. The molecule has 4 N–H and O–H groups in total. The number of carboxylic acids is 1. The van der Waals surface area contributed by atoms with Gasteiger partial charge in [0.15, 0.2) is 0 Å². The number of carbonyl (C=O) groups is 2. The molecule has 0 aliphatic heterocycles. The van der Waals surface area contributed by atoms with E-state index in [0.29, 0.717) is 22.3 Å². The molecule has 1 aromatic heterocycles. The molecule has 0 unspecified atom stereocenters. The predicted octanol–water partition coefficient (Wildman–Crippen LogP) is 3.29. The fraction of sp³-hybridized carbons (Fsp3) is 0.476. The number of nitrogens with one attached hydrogen (secondary N) is 1. The first kappa shape index (κ1) is 19.9. The minimum atomic E-state index is -1.12. The van der Waals surface area contributed by atoms with Gasteiger partial charge in [0.2, 0.25) is 5.91 Å². The smallest absolute Gasteiger partial charge is 0.339 e. The fourth-order valence-electron chi connectivity index (χ4n) is 3.81. The molecule has 0 saturated heterocycles. The van der Waals surface area contributed by atoms with E-state index < -0.39 is 5.97 Å². The van der Waals surface area contributed by atoms with Crippen LogP contribution < -0.4 is 15.8 Å². The van der Waals surface area contributed by atoms with Crippen LogP contribution in [-0.2, 0) is 4.79 Å². The second kappa shape index (κ2) is 8.46. The third-order valence-electron chi connectivity index (χ3n) is 5.26. The first-order valence-corrected chi connectivity index (χ1v) is 9.73. The molecular weight excluding hydrogens is 358 g/mol. The number of hydrogen-bond donors (Lipinski definition) is 3. The van der Waals surface area contributed by atoms with Crippen molar-refractivity contribution in [3.63, 3.8) is 0 Å². The van der Waals surface area contributed by atoms with Gasteiger partial charge in [-0.15, -0.1) is 0 Å². The van der Waals surface area contributed by atoms with Crippen molar-refractivity contribution in [2.45, 2.75) is 52.0 Å². The van der Waals surface area contributed by atoms with Crippen molar-refractivity contribution in [3.8, 4) is 5.75 Å². The first-order valence-electron chi connectivity index (χ1n) is 9.73. The van der Waals surface area contributed by atoms with Gasteiger partial charge in [-0.25, -0.2) is 4.79 Å². The minimum absolute atomic E-state index is 0.0119. The van der Waals surface area contributed by atoms with Gasteiger partial charge in [0.25, 0.3) is 0 Å². The van der Waals surface area contributed by atoms with Crippen LogP contribution in [0.2, 0.25) is 0 Å². The normalized spacial score (nSPS) is 15.9. The lowest BCUT2D eigenvalue weighted by Gasteiger charge is -2.23. The zero-order chi connectivity index (χ0) is 20.3. The third kappa shape index (κ3) is 4.18. The molecule has 1 saturated carbocycles.